The quantitative estimate of drug-likeness (QED) is 0.903. The van der Waals surface area contributed by atoms with Gasteiger partial charge in [-0.05, 0) is 18.5 Å². The molecule has 0 aliphatic carbocycles. The van der Waals surface area contributed by atoms with Gasteiger partial charge in [-0.3, -0.25) is 0 Å². The fourth-order valence-electron chi connectivity index (χ4n) is 2.18. The molecule has 112 valence electrons. The second-order valence-corrected chi connectivity index (χ2v) is 4.88. The summed E-state index contributed by atoms with van der Waals surface area (Å²) in [6.45, 7) is 5.54. The molecule has 2 atom stereocenters. The largest absolute Gasteiger partial charge is 0.479 e. The SMILES string of the molecule is CCC1CN(C(=O)NCc2cc(OC)no2)CC(C)O1. The molecule has 1 aromatic heterocycles. The molecule has 2 unspecified atom stereocenters. The van der Waals surface area contributed by atoms with Gasteiger partial charge in [0.15, 0.2) is 5.76 Å². The van der Waals surface area contributed by atoms with Crippen molar-refractivity contribution in [1.29, 1.82) is 0 Å². The maximum absolute atomic E-state index is 12.1. The van der Waals surface area contributed by atoms with Crippen LogP contribution in [-0.4, -0.2) is 48.5 Å². The van der Waals surface area contributed by atoms with Gasteiger partial charge in [-0.2, -0.15) is 0 Å². The second kappa shape index (κ2) is 6.60. The van der Waals surface area contributed by atoms with Crippen LogP contribution in [0, 0.1) is 0 Å². The van der Waals surface area contributed by atoms with Crippen LogP contribution in [0.3, 0.4) is 0 Å². The van der Waals surface area contributed by atoms with E-state index in [9.17, 15) is 4.79 Å². The van der Waals surface area contributed by atoms with Gasteiger partial charge in [-0.1, -0.05) is 6.92 Å². The van der Waals surface area contributed by atoms with Crippen molar-refractivity contribution in [2.75, 3.05) is 20.2 Å². The van der Waals surface area contributed by atoms with Gasteiger partial charge >= 0.3 is 6.03 Å². The molecule has 1 aliphatic rings. The molecule has 0 saturated carbocycles. The van der Waals surface area contributed by atoms with E-state index in [2.05, 4.69) is 17.4 Å². The summed E-state index contributed by atoms with van der Waals surface area (Å²) in [4.78, 5) is 13.9. The van der Waals surface area contributed by atoms with Crippen LogP contribution in [-0.2, 0) is 11.3 Å². The highest BCUT2D eigenvalue weighted by Gasteiger charge is 2.27. The predicted octanol–water partition coefficient (Wildman–Crippen LogP) is 1.39. The third-order valence-electron chi connectivity index (χ3n) is 3.23. The number of carbonyl (C=O) groups excluding carboxylic acids is 1. The Morgan fingerprint density at radius 2 is 2.40 bits per heavy atom. The zero-order valence-corrected chi connectivity index (χ0v) is 12.1. The van der Waals surface area contributed by atoms with Crippen molar-refractivity contribution >= 4 is 6.03 Å². The average molecular weight is 283 g/mol. The summed E-state index contributed by atoms with van der Waals surface area (Å²) in [5, 5.41) is 6.49. The molecule has 1 N–H and O–H groups in total. The molecule has 7 nitrogen and oxygen atoms in total. The Hall–Kier alpha value is -1.76. The Labute approximate surface area is 118 Å². The van der Waals surface area contributed by atoms with Gasteiger partial charge in [0.25, 0.3) is 5.88 Å². The van der Waals surface area contributed by atoms with Crippen LogP contribution in [0.4, 0.5) is 4.79 Å². The Morgan fingerprint density at radius 3 is 3.05 bits per heavy atom. The number of nitrogens with one attached hydrogen (secondary N) is 1. The summed E-state index contributed by atoms with van der Waals surface area (Å²) in [5.74, 6) is 0.962. The minimum atomic E-state index is -0.117. The number of morpholine rings is 1. The molecular weight excluding hydrogens is 262 g/mol. The van der Waals surface area contributed by atoms with Crippen molar-refractivity contribution < 1.29 is 18.8 Å². The average Bonchev–Trinajstić information content (AvgIpc) is 2.92. The number of nitrogens with zero attached hydrogens (tertiary/aromatic N) is 2. The maximum atomic E-state index is 12.1. The van der Waals surface area contributed by atoms with Gasteiger partial charge < -0.3 is 24.2 Å². The Morgan fingerprint density at radius 1 is 1.60 bits per heavy atom. The van der Waals surface area contributed by atoms with Crippen molar-refractivity contribution in [3.8, 4) is 5.88 Å². The number of carbonyl (C=O) groups is 1. The van der Waals surface area contributed by atoms with E-state index < -0.39 is 0 Å². The minimum absolute atomic E-state index is 0.0600. The normalized spacial score (nSPS) is 22.6. The van der Waals surface area contributed by atoms with E-state index in [-0.39, 0.29) is 24.8 Å². The van der Waals surface area contributed by atoms with E-state index >= 15 is 0 Å². The molecule has 0 spiro atoms. The van der Waals surface area contributed by atoms with E-state index in [1.54, 1.807) is 11.0 Å². The predicted molar refractivity (Wildman–Crippen MR) is 71.5 cm³/mol. The topological polar surface area (TPSA) is 76.8 Å². The van der Waals surface area contributed by atoms with Crippen LogP contribution in [0.5, 0.6) is 5.88 Å². The monoisotopic (exact) mass is 283 g/mol. The van der Waals surface area contributed by atoms with Crippen LogP contribution in [0.25, 0.3) is 0 Å². The van der Waals surface area contributed by atoms with E-state index in [1.165, 1.54) is 7.11 Å². The summed E-state index contributed by atoms with van der Waals surface area (Å²) in [7, 11) is 1.51. The molecule has 20 heavy (non-hydrogen) atoms. The molecule has 0 radical (unpaired) electrons. The maximum Gasteiger partial charge on any atom is 0.317 e. The second-order valence-electron chi connectivity index (χ2n) is 4.88. The fraction of sp³-hybridized carbons (Fsp3) is 0.692. The first kappa shape index (κ1) is 14.6. The zero-order valence-electron chi connectivity index (χ0n) is 12.1. The van der Waals surface area contributed by atoms with Crippen molar-refractivity contribution in [2.24, 2.45) is 0 Å². The molecule has 2 rings (SSSR count). The van der Waals surface area contributed by atoms with Crippen molar-refractivity contribution in [1.82, 2.24) is 15.4 Å². The Bertz CT molecular complexity index is 449. The summed E-state index contributed by atoms with van der Waals surface area (Å²) in [6, 6.07) is 1.53. The first-order chi connectivity index (χ1) is 9.62. The van der Waals surface area contributed by atoms with E-state index in [4.69, 9.17) is 14.0 Å². The zero-order chi connectivity index (χ0) is 14.5. The number of ether oxygens (including phenoxy) is 2. The number of hydrogen-bond donors (Lipinski definition) is 1. The van der Waals surface area contributed by atoms with E-state index in [0.29, 0.717) is 24.7 Å². The summed E-state index contributed by atoms with van der Waals surface area (Å²) >= 11 is 0. The molecular formula is C13H21N3O4. The highest BCUT2D eigenvalue weighted by molar-refractivity contribution is 5.74. The van der Waals surface area contributed by atoms with Gasteiger partial charge in [0.05, 0.1) is 25.9 Å². The molecule has 1 fully saturated rings. The number of hydrogen-bond acceptors (Lipinski definition) is 5. The van der Waals surface area contributed by atoms with Gasteiger partial charge in [0.2, 0.25) is 0 Å². The van der Waals surface area contributed by atoms with Gasteiger partial charge in [0.1, 0.15) is 0 Å². The number of methoxy groups -OCH3 is 1. The lowest BCUT2D eigenvalue weighted by Gasteiger charge is -2.36. The fourth-order valence-corrected chi connectivity index (χ4v) is 2.18. The smallest absolute Gasteiger partial charge is 0.317 e. The van der Waals surface area contributed by atoms with Crippen molar-refractivity contribution in [3.63, 3.8) is 0 Å². The van der Waals surface area contributed by atoms with Crippen LogP contribution in [0.2, 0.25) is 0 Å². The Kier molecular flexibility index (Phi) is 4.84. The number of aromatic nitrogens is 1. The minimum Gasteiger partial charge on any atom is -0.479 e. The van der Waals surface area contributed by atoms with Crippen molar-refractivity contribution in [3.05, 3.63) is 11.8 Å². The highest BCUT2D eigenvalue weighted by atomic mass is 16.5. The summed E-state index contributed by atoms with van der Waals surface area (Å²) in [6.07, 6.45) is 1.06. The van der Waals surface area contributed by atoms with Gasteiger partial charge in [-0.25, -0.2) is 4.79 Å². The molecule has 1 saturated heterocycles. The first-order valence-corrected chi connectivity index (χ1v) is 6.80. The van der Waals surface area contributed by atoms with Crippen LogP contribution < -0.4 is 10.1 Å². The Balaban J connectivity index is 1.84. The molecule has 1 aromatic rings. The molecule has 1 aliphatic heterocycles. The lowest BCUT2D eigenvalue weighted by atomic mass is 10.2. The third-order valence-corrected chi connectivity index (χ3v) is 3.23. The van der Waals surface area contributed by atoms with E-state index in [1.807, 2.05) is 6.92 Å². The van der Waals surface area contributed by atoms with Gasteiger partial charge in [0, 0.05) is 19.2 Å². The highest BCUT2D eigenvalue weighted by Crippen LogP contribution is 2.14. The van der Waals surface area contributed by atoms with Gasteiger partial charge in [-0.15, -0.1) is 0 Å². The number of urea groups is 1. The lowest BCUT2D eigenvalue weighted by molar-refractivity contribution is -0.0646. The standard InChI is InChI=1S/C13H21N3O4/c1-4-10-8-16(7-9(2)19-10)13(17)14-6-11-5-12(18-3)15-20-11/h5,9-10H,4,6-8H2,1-3H3,(H,14,17). The van der Waals surface area contributed by atoms with E-state index in [0.717, 1.165) is 6.42 Å². The first-order valence-electron chi connectivity index (χ1n) is 6.80. The summed E-state index contributed by atoms with van der Waals surface area (Å²) in [5.41, 5.74) is 0. The number of amides is 2. The molecule has 0 aromatic carbocycles. The summed E-state index contributed by atoms with van der Waals surface area (Å²) < 4.78 is 15.7. The third kappa shape index (κ3) is 3.63. The van der Waals surface area contributed by atoms with Crippen LogP contribution >= 0.6 is 0 Å². The van der Waals surface area contributed by atoms with Crippen LogP contribution in [0.15, 0.2) is 10.6 Å². The number of rotatable bonds is 4. The molecule has 7 heteroatoms. The molecule has 0 bridgehead atoms. The molecule has 2 heterocycles. The lowest BCUT2D eigenvalue weighted by Crippen LogP contribution is -2.52. The van der Waals surface area contributed by atoms with Crippen molar-refractivity contribution in [2.45, 2.75) is 39.0 Å². The molecule has 2 amide bonds. The van der Waals surface area contributed by atoms with Crippen LogP contribution in [0.1, 0.15) is 26.0 Å².